The number of fused-ring (bicyclic) bond motifs is 1. The number of carbonyl (C=O) groups excluding carboxylic acids is 1. The quantitative estimate of drug-likeness (QED) is 0.660. The number of amides is 1. The van der Waals surface area contributed by atoms with Crippen molar-refractivity contribution in [2.45, 2.75) is 26.1 Å². The highest BCUT2D eigenvalue weighted by Crippen LogP contribution is 2.35. The molecule has 1 heterocycles. The van der Waals surface area contributed by atoms with Gasteiger partial charge in [0.1, 0.15) is 11.8 Å². The molecule has 1 atom stereocenters. The molecule has 7 heteroatoms. The number of anilines is 1. The van der Waals surface area contributed by atoms with Crippen molar-refractivity contribution in [1.82, 2.24) is 4.57 Å². The number of alkyl halides is 3. The van der Waals surface area contributed by atoms with Crippen LogP contribution >= 0.6 is 0 Å². The highest BCUT2D eigenvalue weighted by molar-refractivity contribution is 5.95. The molecule has 0 saturated carbocycles. The Morgan fingerprint density at radius 2 is 1.93 bits per heavy atom. The van der Waals surface area contributed by atoms with Gasteiger partial charge in [0, 0.05) is 17.1 Å². The highest BCUT2D eigenvalue weighted by Gasteiger charge is 2.34. The molecule has 0 aliphatic carbocycles. The van der Waals surface area contributed by atoms with E-state index in [-0.39, 0.29) is 5.69 Å². The summed E-state index contributed by atoms with van der Waals surface area (Å²) in [5.74, 6) is 0.192. The third-order valence-electron chi connectivity index (χ3n) is 4.29. The zero-order chi connectivity index (χ0) is 19.6. The van der Waals surface area contributed by atoms with Gasteiger partial charge in [0.2, 0.25) is 5.91 Å². The van der Waals surface area contributed by atoms with Gasteiger partial charge in [-0.1, -0.05) is 12.1 Å². The second-order valence-electron chi connectivity index (χ2n) is 6.09. The lowest BCUT2D eigenvalue weighted by atomic mass is 10.1. The molecule has 1 unspecified atom stereocenters. The van der Waals surface area contributed by atoms with E-state index < -0.39 is 23.7 Å². The summed E-state index contributed by atoms with van der Waals surface area (Å²) in [5, 5.41) is 3.28. The SMILES string of the molecule is CCOc1ccc2c(ccn2C(C)C(=O)Nc2ccccc2C(F)(F)F)c1. The fourth-order valence-electron chi connectivity index (χ4n) is 2.94. The number of carbonyl (C=O) groups is 1. The van der Waals surface area contributed by atoms with E-state index in [4.69, 9.17) is 4.74 Å². The number of halogens is 3. The Hall–Kier alpha value is -2.96. The molecule has 1 N–H and O–H groups in total. The lowest BCUT2D eigenvalue weighted by Crippen LogP contribution is -2.24. The van der Waals surface area contributed by atoms with Crippen LogP contribution in [0.25, 0.3) is 10.9 Å². The maximum absolute atomic E-state index is 13.1. The normalized spacial score (nSPS) is 12.8. The molecule has 142 valence electrons. The molecule has 0 saturated heterocycles. The second kappa shape index (κ2) is 7.34. The van der Waals surface area contributed by atoms with Crippen LogP contribution in [-0.4, -0.2) is 17.1 Å². The number of rotatable bonds is 5. The summed E-state index contributed by atoms with van der Waals surface area (Å²) in [6.45, 7) is 4.08. The standard InChI is InChI=1S/C20H19F3N2O2/c1-3-27-15-8-9-18-14(12-15)10-11-25(18)13(2)19(26)24-17-7-5-4-6-16(17)20(21,22)23/h4-13H,3H2,1-2H3,(H,24,26). The summed E-state index contributed by atoms with van der Waals surface area (Å²) in [7, 11) is 0. The third kappa shape index (κ3) is 3.92. The number of para-hydroxylation sites is 1. The van der Waals surface area contributed by atoms with E-state index in [0.717, 1.165) is 22.7 Å². The van der Waals surface area contributed by atoms with Gasteiger partial charge in [-0.2, -0.15) is 13.2 Å². The predicted molar refractivity (Wildman–Crippen MR) is 97.9 cm³/mol. The predicted octanol–water partition coefficient (Wildman–Crippen LogP) is 5.26. The van der Waals surface area contributed by atoms with Gasteiger partial charge in [0.25, 0.3) is 0 Å². The van der Waals surface area contributed by atoms with E-state index >= 15 is 0 Å². The molecule has 0 radical (unpaired) electrons. The zero-order valence-corrected chi connectivity index (χ0v) is 14.9. The van der Waals surface area contributed by atoms with Crippen LogP contribution in [0, 0.1) is 0 Å². The fraction of sp³-hybridized carbons (Fsp3) is 0.250. The topological polar surface area (TPSA) is 43.3 Å². The monoisotopic (exact) mass is 376 g/mol. The molecule has 27 heavy (non-hydrogen) atoms. The number of aromatic nitrogens is 1. The van der Waals surface area contributed by atoms with E-state index in [2.05, 4.69) is 5.32 Å². The van der Waals surface area contributed by atoms with E-state index in [9.17, 15) is 18.0 Å². The molecule has 3 aromatic rings. The van der Waals surface area contributed by atoms with Crippen molar-refractivity contribution < 1.29 is 22.7 Å². The van der Waals surface area contributed by atoms with Gasteiger partial charge in [0.05, 0.1) is 17.9 Å². The Balaban J connectivity index is 1.86. The molecule has 0 aliphatic heterocycles. The Bertz CT molecular complexity index is 963. The number of ether oxygens (including phenoxy) is 1. The minimum atomic E-state index is -4.54. The lowest BCUT2D eigenvalue weighted by Gasteiger charge is -2.18. The fourth-order valence-corrected chi connectivity index (χ4v) is 2.94. The summed E-state index contributed by atoms with van der Waals surface area (Å²) < 4.78 is 46.5. The first-order valence-electron chi connectivity index (χ1n) is 8.51. The summed E-state index contributed by atoms with van der Waals surface area (Å²) in [5.41, 5.74) is -0.327. The molecule has 1 amide bonds. The zero-order valence-electron chi connectivity index (χ0n) is 14.9. The van der Waals surface area contributed by atoms with Crippen molar-refractivity contribution in [1.29, 1.82) is 0 Å². The van der Waals surface area contributed by atoms with Gasteiger partial charge < -0.3 is 14.6 Å². The number of hydrogen-bond donors (Lipinski definition) is 1. The summed E-state index contributed by atoms with van der Waals surface area (Å²) >= 11 is 0. The average Bonchev–Trinajstić information content (AvgIpc) is 3.04. The first-order chi connectivity index (χ1) is 12.8. The Morgan fingerprint density at radius 3 is 2.63 bits per heavy atom. The van der Waals surface area contributed by atoms with Crippen molar-refractivity contribution in [3.8, 4) is 5.75 Å². The van der Waals surface area contributed by atoms with Crippen LogP contribution in [0.1, 0.15) is 25.5 Å². The third-order valence-corrected chi connectivity index (χ3v) is 4.29. The number of nitrogens with zero attached hydrogens (tertiary/aromatic N) is 1. The summed E-state index contributed by atoms with van der Waals surface area (Å²) in [6, 6.07) is 11.6. The molecule has 1 aromatic heterocycles. The number of benzene rings is 2. The summed E-state index contributed by atoms with van der Waals surface area (Å²) in [6.07, 6.45) is -2.80. The van der Waals surface area contributed by atoms with Crippen molar-refractivity contribution in [2.24, 2.45) is 0 Å². The van der Waals surface area contributed by atoms with Crippen LogP contribution in [0.5, 0.6) is 5.75 Å². The van der Waals surface area contributed by atoms with Crippen LogP contribution in [0.4, 0.5) is 18.9 Å². The van der Waals surface area contributed by atoms with E-state index in [1.807, 2.05) is 25.1 Å². The molecular weight excluding hydrogens is 357 g/mol. The first kappa shape index (κ1) is 18.8. The molecule has 3 rings (SSSR count). The molecular formula is C20H19F3N2O2. The van der Waals surface area contributed by atoms with Gasteiger partial charge in [-0.3, -0.25) is 4.79 Å². The van der Waals surface area contributed by atoms with Crippen LogP contribution in [-0.2, 0) is 11.0 Å². The molecule has 0 spiro atoms. The van der Waals surface area contributed by atoms with Crippen LogP contribution in [0.2, 0.25) is 0 Å². The summed E-state index contributed by atoms with van der Waals surface area (Å²) in [4.78, 5) is 12.6. The van der Waals surface area contributed by atoms with Gasteiger partial charge in [-0.25, -0.2) is 0 Å². The van der Waals surface area contributed by atoms with E-state index in [1.54, 1.807) is 23.8 Å². The van der Waals surface area contributed by atoms with Gasteiger partial charge >= 0.3 is 6.18 Å². The largest absolute Gasteiger partial charge is 0.494 e. The average molecular weight is 376 g/mol. The first-order valence-corrected chi connectivity index (χ1v) is 8.51. The van der Waals surface area contributed by atoms with Crippen LogP contribution < -0.4 is 10.1 Å². The molecule has 0 fully saturated rings. The minimum Gasteiger partial charge on any atom is -0.494 e. The van der Waals surface area contributed by atoms with Crippen molar-refractivity contribution in [3.63, 3.8) is 0 Å². The molecule has 4 nitrogen and oxygen atoms in total. The van der Waals surface area contributed by atoms with Crippen molar-refractivity contribution in [3.05, 3.63) is 60.3 Å². The van der Waals surface area contributed by atoms with Crippen molar-refractivity contribution in [2.75, 3.05) is 11.9 Å². The van der Waals surface area contributed by atoms with E-state index in [0.29, 0.717) is 6.61 Å². The van der Waals surface area contributed by atoms with Crippen LogP contribution in [0.3, 0.4) is 0 Å². The maximum atomic E-state index is 13.1. The smallest absolute Gasteiger partial charge is 0.418 e. The Labute approximate surface area is 154 Å². The maximum Gasteiger partial charge on any atom is 0.418 e. The van der Waals surface area contributed by atoms with E-state index in [1.165, 1.54) is 18.2 Å². The van der Waals surface area contributed by atoms with Crippen molar-refractivity contribution >= 4 is 22.5 Å². The minimum absolute atomic E-state index is 0.253. The second-order valence-corrected chi connectivity index (χ2v) is 6.09. The number of hydrogen-bond acceptors (Lipinski definition) is 2. The molecule has 2 aromatic carbocycles. The van der Waals surface area contributed by atoms with Gasteiger partial charge in [-0.15, -0.1) is 0 Å². The molecule has 0 aliphatic rings. The lowest BCUT2D eigenvalue weighted by molar-refractivity contribution is -0.137. The number of nitrogens with one attached hydrogen (secondary N) is 1. The Morgan fingerprint density at radius 1 is 1.19 bits per heavy atom. The Kier molecular flexibility index (Phi) is 5.12. The van der Waals surface area contributed by atoms with Gasteiger partial charge in [0.15, 0.2) is 0 Å². The van der Waals surface area contributed by atoms with Crippen LogP contribution in [0.15, 0.2) is 54.7 Å². The van der Waals surface area contributed by atoms with Gasteiger partial charge in [-0.05, 0) is 50.2 Å². The molecule has 0 bridgehead atoms. The highest BCUT2D eigenvalue weighted by atomic mass is 19.4.